The van der Waals surface area contributed by atoms with E-state index in [0.717, 1.165) is 5.56 Å². The number of amides is 2. The lowest BCUT2D eigenvalue weighted by Crippen LogP contribution is -2.32. The molecule has 3 rings (SSSR count). The molecule has 8 heteroatoms. The summed E-state index contributed by atoms with van der Waals surface area (Å²) in [5.74, 6) is 1.16. The number of benzene rings is 1. The van der Waals surface area contributed by atoms with E-state index in [2.05, 4.69) is 15.6 Å². The number of carbonyl (C=O) groups excluding carboxylic acids is 2. The van der Waals surface area contributed by atoms with Gasteiger partial charge in [-0.3, -0.25) is 9.59 Å². The highest BCUT2D eigenvalue weighted by atomic mass is 32.1. The number of methoxy groups -OCH3 is 1. The molecule has 0 radical (unpaired) electrons. The number of aromatic nitrogens is 2. The van der Waals surface area contributed by atoms with E-state index in [0.29, 0.717) is 36.5 Å². The van der Waals surface area contributed by atoms with E-state index in [9.17, 15) is 9.59 Å². The highest BCUT2D eigenvalue weighted by Gasteiger charge is 2.23. The third-order valence-corrected chi connectivity index (χ3v) is 5.20. The molecule has 0 aliphatic carbocycles. The van der Waals surface area contributed by atoms with Crippen molar-refractivity contribution >= 4 is 23.2 Å². The summed E-state index contributed by atoms with van der Waals surface area (Å²) >= 11 is 1.48. The minimum atomic E-state index is -0.431. The molecule has 1 atom stereocenters. The zero-order valence-corrected chi connectivity index (χ0v) is 17.2. The Morgan fingerprint density at radius 2 is 2.10 bits per heavy atom. The fourth-order valence-corrected chi connectivity index (χ4v) is 3.66. The van der Waals surface area contributed by atoms with Gasteiger partial charge in [0.05, 0.1) is 7.11 Å². The van der Waals surface area contributed by atoms with Gasteiger partial charge < -0.3 is 19.9 Å². The Morgan fingerprint density at radius 3 is 2.79 bits per heavy atom. The third-order valence-electron chi connectivity index (χ3n) is 4.52. The predicted molar refractivity (Wildman–Crippen MR) is 112 cm³/mol. The predicted octanol–water partition coefficient (Wildman–Crippen LogP) is 2.91. The topological polar surface area (TPSA) is 85.2 Å². The molecule has 0 aliphatic rings. The van der Waals surface area contributed by atoms with Crippen molar-refractivity contribution < 1.29 is 14.3 Å². The van der Waals surface area contributed by atoms with E-state index < -0.39 is 6.04 Å². The molecular formula is C21H24N4O3S. The molecule has 1 unspecified atom stereocenters. The standard InChI is InChI=1S/C21H24N4O3S/c1-25-12-11-22-20(25)19(16-6-3-4-7-17(16)28-2)24-18(26)8-5-10-23-21(27)15-9-13-29-14-15/h3-4,6-7,9,11-14,19H,5,8,10H2,1-2H3,(H,23,27)(H,24,26). The molecule has 7 nitrogen and oxygen atoms in total. The van der Waals surface area contributed by atoms with Crippen LogP contribution in [-0.2, 0) is 11.8 Å². The van der Waals surface area contributed by atoms with Crippen LogP contribution in [0, 0.1) is 0 Å². The van der Waals surface area contributed by atoms with Crippen LogP contribution in [0.5, 0.6) is 5.75 Å². The van der Waals surface area contributed by atoms with Crippen molar-refractivity contribution in [1.82, 2.24) is 20.2 Å². The van der Waals surface area contributed by atoms with Crippen molar-refractivity contribution in [3.8, 4) is 5.75 Å². The molecule has 2 heterocycles. The first-order chi connectivity index (χ1) is 14.1. The summed E-state index contributed by atoms with van der Waals surface area (Å²) in [7, 11) is 3.49. The Balaban J connectivity index is 1.61. The first kappa shape index (κ1) is 20.6. The van der Waals surface area contributed by atoms with Crippen LogP contribution in [0.3, 0.4) is 0 Å². The molecular weight excluding hydrogens is 388 g/mol. The van der Waals surface area contributed by atoms with E-state index in [-0.39, 0.29) is 11.8 Å². The largest absolute Gasteiger partial charge is 0.496 e. The minimum Gasteiger partial charge on any atom is -0.496 e. The van der Waals surface area contributed by atoms with Crippen LogP contribution in [0.25, 0.3) is 0 Å². The molecule has 0 spiro atoms. The van der Waals surface area contributed by atoms with Crippen LogP contribution in [0.15, 0.2) is 53.5 Å². The van der Waals surface area contributed by atoms with Gasteiger partial charge in [0.2, 0.25) is 5.91 Å². The number of ether oxygens (including phenoxy) is 1. The monoisotopic (exact) mass is 412 g/mol. The molecule has 0 saturated heterocycles. The SMILES string of the molecule is COc1ccccc1C(NC(=O)CCCNC(=O)c1ccsc1)c1nccn1C. The van der Waals surface area contributed by atoms with Gasteiger partial charge in [-0.15, -0.1) is 0 Å². The smallest absolute Gasteiger partial charge is 0.252 e. The molecule has 0 bridgehead atoms. The van der Waals surface area contributed by atoms with Crippen molar-refractivity contribution in [2.75, 3.05) is 13.7 Å². The number of para-hydroxylation sites is 1. The number of imidazole rings is 1. The molecule has 2 amide bonds. The van der Waals surface area contributed by atoms with Crippen molar-refractivity contribution in [2.45, 2.75) is 18.9 Å². The number of aryl methyl sites for hydroxylation is 1. The first-order valence-corrected chi connectivity index (χ1v) is 10.2. The van der Waals surface area contributed by atoms with Crippen LogP contribution in [0.1, 0.15) is 40.6 Å². The summed E-state index contributed by atoms with van der Waals surface area (Å²) in [5, 5.41) is 9.54. The summed E-state index contributed by atoms with van der Waals surface area (Å²) < 4.78 is 7.34. The summed E-state index contributed by atoms with van der Waals surface area (Å²) in [6, 6.07) is 8.91. The molecule has 0 aliphatic heterocycles. The number of hydrogen-bond acceptors (Lipinski definition) is 5. The van der Waals surface area contributed by atoms with E-state index in [4.69, 9.17) is 4.74 Å². The zero-order chi connectivity index (χ0) is 20.6. The molecule has 152 valence electrons. The maximum absolute atomic E-state index is 12.6. The maximum atomic E-state index is 12.6. The number of nitrogens with zero attached hydrogens (tertiary/aromatic N) is 2. The number of nitrogens with one attached hydrogen (secondary N) is 2. The fraction of sp³-hybridized carbons (Fsp3) is 0.286. The van der Waals surface area contributed by atoms with Crippen molar-refractivity contribution in [2.24, 2.45) is 7.05 Å². The summed E-state index contributed by atoms with van der Waals surface area (Å²) in [6.45, 7) is 0.434. The van der Waals surface area contributed by atoms with Crippen molar-refractivity contribution in [3.63, 3.8) is 0 Å². The number of carbonyl (C=O) groups is 2. The third kappa shape index (κ3) is 5.23. The van der Waals surface area contributed by atoms with E-state index >= 15 is 0 Å². The molecule has 3 aromatic rings. The van der Waals surface area contributed by atoms with Crippen LogP contribution >= 0.6 is 11.3 Å². The zero-order valence-electron chi connectivity index (χ0n) is 16.4. The van der Waals surface area contributed by atoms with Gasteiger partial charge in [0.1, 0.15) is 17.6 Å². The highest BCUT2D eigenvalue weighted by Crippen LogP contribution is 2.29. The normalized spacial score (nSPS) is 11.7. The Labute approximate surface area is 173 Å². The first-order valence-electron chi connectivity index (χ1n) is 9.30. The Kier molecular flexibility index (Phi) is 7.02. The van der Waals surface area contributed by atoms with Gasteiger partial charge >= 0.3 is 0 Å². The summed E-state index contributed by atoms with van der Waals surface area (Å²) in [4.78, 5) is 29.0. The van der Waals surface area contributed by atoms with Gasteiger partial charge in [0, 0.05) is 48.9 Å². The summed E-state index contributed by atoms with van der Waals surface area (Å²) in [6.07, 6.45) is 4.37. The second-order valence-electron chi connectivity index (χ2n) is 6.51. The van der Waals surface area contributed by atoms with Gasteiger partial charge in [-0.05, 0) is 23.9 Å². The highest BCUT2D eigenvalue weighted by molar-refractivity contribution is 7.08. The van der Waals surface area contributed by atoms with Gasteiger partial charge in [-0.1, -0.05) is 18.2 Å². The van der Waals surface area contributed by atoms with Crippen LogP contribution < -0.4 is 15.4 Å². The van der Waals surface area contributed by atoms with Gasteiger partial charge in [0.25, 0.3) is 5.91 Å². The lowest BCUT2D eigenvalue weighted by molar-refractivity contribution is -0.121. The van der Waals surface area contributed by atoms with Crippen LogP contribution in [0.4, 0.5) is 0 Å². The molecule has 29 heavy (non-hydrogen) atoms. The quantitative estimate of drug-likeness (QED) is 0.529. The fourth-order valence-electron chi connectivity index (χ4n) is 3.02. The van der Waals surface area contributed by atoms with Gasteiger partial charge in [-0.2, -0.15) is 11.3 Å². The van der Waals surface area contributed by atoms with E-state index in [1.165, 1.54) is 11.3 Å². The average molecular weight is 413 g/mol. The lowest BCUT2D eigenvalue weighted by atomic mass is 10.0. The second-order valence-corrected chi connectivity index (χ2v) is 7.29. The molecule has 1 aromatic carbocycles. The van der Waals surface area contributed by atoms with Crippen molar-refractivity contribution in [1.29, 1.82) is 0 Å². The maximum Gasteiger partial charge on any atom is 0.252 e. The van der Waals surface area contributed by atoms with Gasteiger partial charge in [-0.25, -0.2) is 4.98 Å². The van der Waals surface area contributed by atoms with Crippen LogP contribution in [-0.4, -0.2) is 35.0 Å². The molecule has 0 fully saturated rings. The lowest BCUT2D eigenvalue weighted by Gasteiger charge is -2.21. The van der Waals surface area contributed by atoms with E-state index in [1.54, 1.807) is 24.8 Å². The van der Waals surface area contributed by atoms with Crippen LogP contribution in [0.2, 0.25) is 0 Å². The Bertz CT molecular complexity index is 953. The number of hydrogen-bond donors (Lipinski definition) is 2. The Hall–Kier alpha value is -3.13. The second kappa shape index (κ2) is 9.88. The molecule has 2 aromatic heterocycles. The molecule has 2 N–H and O–H groups in total. The minimum absolute atomic E-state index is 0.117. The number of rotatable bonds is 9. The number of thiophene rings is 1. The van der Waals surface area contributed by atoms with E-state index in [1.807, 2.05) is 47.5 Å². The Morgan fingerprint density at radius 1 is 1.28 bits per heavy atom. The van der Waals surface area contributed by atoms with Crippen molar-refractivity contribution in [3.05, 3.63) is 70.4 Å². The van der Waals surface area contributed by atoms with Gasteiger partial charge in [0.15, 0.2) is 0 Å². The summed E-state index contributed by atoms with van der Waals surface area (Å²) in [5.41, 5.74) is 1.48. The molecule has 0 saturated carbocycles. The average Bonchev–Trinajstić information content (AvgIpc) is 3.41.